The summed E-state index contributed by atoms with van der Waals surface area (Å²) in [6.07, 6.45) is 10.3. The van der Waals surface area contributed by atoms with Crippen LogP contribution in [0.5, 0.6) is 0 Å². The fourth-order valence-corrected chi connectivity index (χ4v) is 0.879. The van der Waals surface area contributed by atoms with Crippen molar-refractivity contribution in [2.75, 3.05) is 0 Å². The van der Waals surface area contributed by atoms with Crippen molar-refractivity contribution in [2.45, 2.75) is 0 Å². The zero-order chi connectivity index (χ0) is 12.7. The number of pyridine rings is 2. The highest BCUT2D eigenvalue weighted by molar-refractivity contribution is 4.88. The molecule has 0 aromatic carbocycles. The van der Waals surface area contributed by atoms with E-state index in [0.29, 0.717) is 0 Å². The average Bonchev–Trinajstić information content (AvgIpc) is 2.54. The van der Waals surface area contributed by atoms with Gasteiger partial charge in [-0.25, -0.2) is 0 Å². The molecule has 3 heterocycles. The summed E-state index contributed by atoms with van der Waals surface area (Å²) in [7, 11) is 0. The summed E-state index contributed by atoms with van der Waals surface area (Å²) in [4.78, 5) is 7.57. The third kappa shape index (κ3) is 8.67. The van der Waals surface area contributed by atoms with Gasteiger partial charge in [0.1, 0.15) is 0 Å². The maximum absolute atomic E-state index is 3.78. The van der Waals surface area contributed by atoms with Gasteiger partial charge in [0.25, 0.3) is 0 Å². The van der Waals surface area contributed by atoms with Gasteiger partial charge in [-0.15, -0.1) is 0 Å². The minimum absolute atomic E-state index is 1.64. The quantitative estimate of drug-likeness (QED) is 0.604. The molecule has 0 saturated carbocycles. The van der Waals surface area contributed by atoms with Gasteiger partial charge in [-0.2, -0.15) is 10.2 Å². The molecule has 18 heavy (non-hydrogen) atoms. The van der Waals surface area contributed by atoms with E-state index in [9.17, 15) is 0 Å². The molecule has 0 radical (unpaired) electrons. The Morgan fingerprint density at radius 3 is 0.778 bits per heavy atom. The fourth-order valence-electron chi connectivity index (χ4n) is 0.879. The smallest absolute Gasteiger partial charge is 0.0496 e. The highest BCUT2D eigenvalue weighted by Gasteiger charge is 1.60. The normalized spacial score (nSPS) is 8.00. The Morgan fingerprint density at radius 1 is 0.333 bits per heavy atom. The first-order valence-electron chi connectivity index (χ1n) is 5.42. The Labute approximate surface area is 106 Å². The Hall–Kier alpha value is -2.62. The highest BCUT2D eigenvalue weighted by Crippen LogP contribution is 1.74. The van der Waals surface area contributed by atoms with Crippen molar-refractivity contribution in [2.24, 2.45) is 0 Å². The monoisotopic (exact) mass is 238 g/mol. The van der Waals surface area contributed by atoms with Crippen molar-refractivity contribution in [3.05, 3.63) is 85.7 Å². The van der Waals surface area contributed by atoms with Gasteiger partial charge in [-0.05, 0) is 36.4 Å². The topological polar surface area (TPSA) is 51.6 Å². The molecular weight excluding hydrogens is 224 g/mol. The fraction of sp³-hybridized carbons (Fsp3) is 0. The number of nitrogens with zero attached hydrogens (tertiary/aromatic N) is 4. The van der Waals surface area contributed by atoms with Crippen LogP contribution < -0.4 is 0 Å². The van der Waals surface area contributed by atoms with Crippen LogP contribution in [0, 0.1) is 0 Å². The van der Waals surface area contributed by atoms with Crippen LogP contribution in [-0.4, -0.2) is 20.2 Å². The van der Waals surface area contributed by atoms with Crippen molar-refractivity contribution >= 4 is 0 Å². The van der Waals surface area contributed by atoms with E-state index in [2.05, 4.69) is 20.2 Å². The lowest BCUT2D eigenvalue weighted by molar-refractivity contribution is 1.03. The molecule has 90 valence electrons. The summed E-state index contributed by atoms with van der Waals surface area (Å²) in [5.41, 5.74) is 0. The molecule has 0 aliphatic heterocycles. The molecule has 0 aliphatic carbocycles. The minimum Gasteiger partial charge on any atom is -0.265 e. The van der Waals surface area contributed by atoms with Crippen molar-refractivity contribution in [3.8, 4) is 0 Å². The third-order valence-corrected chi connectivity index (χ3v) is 1.62. The van der Waals surface area contributed by atoms with Crippen LogP contribution in [0.4, 0.5) is 0 Å². The Morgan fingerprint density at radius 2 is 0.667 bits per heavy atom. The number of rotatable bonds is 0. The van der Waals surface area contributed by atoms with E-state index in [4.69, 9.17) is 0 Å². The van der Waals surface area contributed by atoms with E-state index in [1.54, 1.807) is 37.2 Å². The Kier molecular flexibility index (Phi) is 8.13. The number of aromatic nitrogens is 4. The van der Waals surface area contributed by atoms with Gasteiger partial charge in [-0.3, -0.25) is 9.97 Å². The van der Waals surface area contributed by atoms with E-state index in [1.807, 2.05) is 48.5 Å². The highest BCUT2D eigenvalue weighted by atomic mass is 15.1. The zero-order valence-corrected chi connectivity index (χ0v) is 9.87. The molecule has 0 spiro atoms. The lowest BCUT2D eigenvalue weighted by Crippen LogP contribution is -1.69. The first kappa shape index (κ1) is 13.4. The van der Waals surface area contributed by atoms with E-state index >= 15 is 0 Å². The summed E-state index contributed by atoms with van der Waals surface area (Å²) in [5, 5.41) is 7.07. The second-order valence-electron chi connectivity index (χ2n) is 2.96. The molecule has 0 unspecified atom stereocenters. The maximum Gasteiger partial charge on any atom is 0.0496 e. The summed E-state index contributed by atoms with van der Waals surface area (Å²) < 4.78 is 0. The standard InChI is InChI=1S/2C5H5N.C4H4N2/c3*1-2-4-6-5-3-1/h2*1-5H;1-4H. The van der Waals surface area contributed by atoms with Gasteiger partial charge in [0.15, 0.2) is 0 Å². The van der Waals surface area contributed by atoms with Gasteiger partial charge < -0.3 is 0 Å². The molecule has 4 nitrogen and oxygen atoms in total. The first-order valence-corrected chi connectivity index (χ1v) is 5.42. The molecular formula is C14H14N4. The van der Waals surface area contributed by atoms with Crippen molar-refractivity contribution < 1.29 is 0 Å². The third-order valence-electron chi connectivity index (χ3n) is 1.62. The molecule has 0 saturated heterocycles. The van der Waals surface area contributed by atoms with Crippen molar-refractivity contribution in [1.29, 1.82) is 0 Å². The second-order valence-corrected chi connectivity index (χ2v) is 2.96. The first-order chi connectivity index (χ1) is 9.00. The van der Waals surface area contributed by atoms with Gasteiger partial charge >= 0.3 is 0 Å². The molecule has 0 N–H and O–H groups in total. The lowest BCUT2D eigenvalue weighted by atomic mass is 10.5. The van der Waals surface area contributed by atoms with Gasteiger partial charge in [0.05, 0.1) is 0 Å². The van der Waals surface area contributed by atoms with Crippen LogP contribution in [0.1, 0.15) is 0 Å². The molecule has 4 heteroatoms. The van der Waals surface area contributed by atoms with Crippen LogP contribution in [0.2, 0.25) is 0 Å². The number of hydrogen-bond donors (Lipinski definition) is 0. The van der Waals surface area contributed by atoms with E-state index < -0.39 is 0 Å². The molecule has 0 bridgehead atoms. The lowest BCUT2D eigenvalue weighted by Gasteiger charge is -1.70. The molecule has 0 atom stereocenters. The van der Waals surface area contributed by atoms with Crippen molar-refractivity contribution in [3.63, 3.8) is 0 Å². The molecule has 0 fully saturated rings. The predicted molar refractivity (Wildman–Crippen MR) is 70.5 cm³/mol. The SMILES string of the molecule is c1ccncc1.c1ccncc1.c1ccnnc1. The van der Waals surface area contributed by atoms with Gasteiger partial charge in [0.2, 0.25) is 0 Å². The zero-order valence-electron chi connectivity index (χ0n) is 9.87. The minimum atomic E-state index is 1.64. The largest absolute Gasteiger partial charge is 0.265 e. The second kappa shape index (κ2) is 10.9. The predicted octanol–water partition coefficient (Wildman–Crippen LogP) is 2.64. The summed E-state index contributed by atoms with van der Waals surface area (Å²) in [6.45, 7) is 0. The van der Waals surface area contributed by atoms with Gasteiger partial charge in [-0.1, -0.05) is 12.1 Å². The summed E-state index contributed by atoms with van der Waals surface area (Å²) >= 11 is 0. The van der Waals surface area contributed by atoms with Crippen LogP contribution in [0.3, 0.4) is 0 Å². The molecule has 3 rings (SSSR count). The van der Waals surface area contributed by atoms with Crippen LogP contribution >= 0.6 is 0 Å². The van der Waals surface area contributed by atoms with Crippen LogP contribution in [-0.2, 0) is 0 Å². The summed E-state index contributed by atoms with van der Waals surface area (Å²) in [5.74, 6) is 0. The van der Waals surface area contributed by atoms with E-state index in [-0.39, 0.29) is 0 Å². The van der Waals surface area contributed by atoms with Gasteiger partial charge in [0, 0.05) is 37.2 Å². The van der Waals surface area contributed by atoms with E-state index in [1.165, 1.54) is 0 Å². The van der Waals surface area contributed by atoms with Crippen LogP contribution in [0.15, 0.2) is 85.7 Å². The van der Waals surface area contributed by atoms with Crippen molar-refractivity contribution in [1.82, 2.24) is 20.2 Å². The van der Waals surface area contributed by atoms with E-state index in [0.717, 1.165) is 0 Å². The average molecular weight is 238 g/mol. The molecule has 0 amide bonds. The van der Waals surface area contributed by atoms with Crippen LogP contribution in [0.25, 0.3) is 0 Å². The number of hydrogen-bond acceptors (Lipinski definition) is 4. The molecule has 0 aliphatic rings. The molecule has 3 aromatic heterocycles. The Bertz CT molecular complexity index is 305. The molecule has 3 aromatic rings. The maximum atomic E-state index is 3.78. The summed E-state index contributed by atoms with van der Waals surface area (Å²) in [6, 6.07) is 15.1. The Balaban J connectivity index is 0.000000135.